The Kier molecular flexibility index (Phi) is 5.36. The van der Waals surface area contributed by atoms with Gasteiger partial charge in [0.1, 0.15) is 0 Å². The highest BCUT2D eigenvalue weighted by Crippen LogP contribution is 2.22. The molecule has 0 unspecified atom stereocenters. The average molecular weight is 276 g/mol. The van der Waals surface area contributed by atoms with Gasteiger partial charge in [-0.15, -0.1) is 0 Å². The predicted molar refractivity (Wildman–Crippen MR) is 68.9 cm³/mol. The molecule has 0 aliphatic carbocycles. The van der Waals surface area contributed by atoms with Crippen molar-refractivity contribution in [2.24, 2.45) is 0 Å². The zero-order valence-corrected chi connectivity index (χ0v) is 11.2. The van der Waals surface area contributed by atoms with Crippen LogP contribution < -0.4 is 14.8 Å². The van der Waals surface area contributed by atoms with Gasteiger partial charge in [-0.05, 0) is 18.7 Å². The SMILES string of the molecule is CCNCCS(=O)(=O)Nc1ccc(F)c(OC)c1. The number of ether oxygens (including phenoxy) is 1. The largest absolute Gasteiger partial charge is 0.494 e. The van der Waals surface area contributed by atoms with E-state index >= 15 is 0 Å². The predicted octanol–water partition coefficient (Wildman–Crippen LogP) is 1.19. The van der Waals surface area contributed by atoms with Gasteiger partial charge in [0.05, 0.1) is 18.6 Å². The standard InChI is InChI=1S/C11H17FN2O3S/c1-3-13-6-7-18(15,16)14-9-4-5-10(12)11(8-9)17-2/h4-5,8,13-14H,3,6-7H2,1-2H3. The number of rotatable bonds is 7. The first-order valence-electron chi connectivity index (χ1n) is 5.53. The van der Waals surface area contributed by atoms with E-state index in [2.05, 4.69) is 10.0 Å². The van der Waals surface area contributed by atoms with Gasteiger partial charge >= 0.3 is 0 Å². The van der Waals surface area contributed by atoms with E-state index in [-0.39, 0.29) is 17.2 Å². The lowest BCUT2D eigenvalue weighted by molar-refractivity contribution is 0.387. The molecule has 0 spiro atoms. The van der Waals surface area contributed by atoms with Crippen LogP contribution in [-0.2, 0) is 10.0 Å². The molecule has 0 fully saturated rings. The lowest BCUT2D eigenvalue weighted by Gasteiger charge is -2.09. The molecule has 0 atom stereocenters. The monoisotopic (exact) mass is 276 g/mol. The summed E-state index contributed by atoms with van der Waals surface area (Å²) in [7, 11) is -2.11. The Bertz CT molecular complexity index is 491. The van der Waals surface area contributed by atoms with E-state index in [4.69, 9.17) is 4.74 Å². The number of halogens is 1. The molecule has 0 amide bonds. The van der Waals surface area contributed by atoms with Crippen molar-refractivity contribution in [1.82, 2.24) is 5.32 Å². The van der Waals surface area contributed by atoms with Gasteiger partial charge in [-0.2, -0.15) is 0 Å². The second-order valence-electron chi connectivity index (χ2n) is 3.62. The topological polar surface area (TPSA) is 67.4 Å². The van der Waals surface area contributed by atoms with Crippen LogP contribution in [0, 0.1) is 5.82 Å². The maximum atomic E-state index is 13.1. The van der Waals surface area contributed by atoms with E-state index in [9.17, 15) is 12.8 Å². The summed E-state index contributed by atoms with van der Waals surface area (Å²) in [5, 5.41) is 2.92. The van der Waals surface area contributed by atoms with Crippen LogP contribution in [0.3, 0.4) is 0 Å². The van der Waals surface area contributed by atoms with Gasteiger partial charge < -0.3 is 10.1 Å². The molecule has 0 heterocycles. The molecule has 1 aromatic carbocycles. The van der Waals surface area contributed by atoms with Gasteiger partial charge in [0, 0.05) is 12.6 Å². The molecular weight excluding hydrogens is 259 g/mol. The highest BCUT2D eigenvalue weighted by atomic mass is 32.2. The van der Waals surface area contributed by atoms with Crippen LogP contribution in [0.5, 0.6) is 5.75 Å². The first-order chi connectivity index (χ1) is 8.48. The molecule has 5 nitrogen and oxygen atoms in total. The van der Waals surface area contributed by atoms with Crippen LogP contribution in [0.1, 0.15) is 6.92 Å². The molecule has 0 radical (unpaired) electrons. The molecule has 0 bridgehead atoms. The van der Waals surface area contributed by atoms with Crippen molar-refractivity contribution in [2.45, 2.75) is 6.92 Å². The molecular formula is C11H17FN2O3S. The van der Waals surface area contributed by atoms with E-state index in [0.717, 1.165) is 6.07 Å². The molecule has 0 saturated heterocycles. The van der Waals surface area contributed by atoms with Crippen LogP contribution in [0.4, 0.5) is 10.1 Å². The van der Waals surface area contributed by atoms with E-state index < -0.39 is 15.8 Å². The second-order valence-corrected chi connectivity index (χ2v) is 5.47. The third kappa shape index (κ3) is 4.50. The molecule has 0 saturated carbocycles. The molecule has 7 heteroatoms. The van der Waals surface area contributed by atoms with Crippen molar-refractivity contribution in [3.8, 4) is 5.75 Å². The molecule has 102 valence electrons. The maximum absolute atomic E-state index is 13.1. The number of anilines is 1. The first kappa shape index (κ1) is 14.7. The number of sulfonamides is 1. The summed E-state index contributed by atoms with van der Waals surface area (Å²) in [5.41, 5.74) is 0.282. The first-order valence-corrected chi connectivity index (χ1v) is 7.18. The summed E-state index contributed by atoms with van der Waals surface area (Å²) >= 11 is 0. The average Bonchev–Trinajstić information content (AvgIpc) is 2.31. The number of hydrogen-bond acceptors (Lipinski definition) is 4. The van der Waals surface area contributed by atoms with E-state index in [1.165, 1.54) is 19.2 Å². The molecule has 18 heavy (non-hydrogen) atoms. The third-order valence-electron chi connectivity index (χ3n) is 2.22. The minimum atomic E-state index is -3.44. The van der Waals surface area contributed by atoms with Crippen molar-refractivity contribution >= 4 is 15.7 Å². The Labute approximate surface area is 106 Å². The fraction of sp³-hybridized carbons (Fsp3) is 0.455. The van der Waals surface area contributed by atoms with Crippen LogP contribution >= 0.6 is 0 Å². The fourth-order valence-electron chi connectivity index (χ4n) is 1.34. The molecule has 0 aromatic heterocycles. The number of hydrogen-bond donors (Lipinski definition) is 2. The van der Waals surface area contributed by atoms with Crippen molar-refractivity contribution in [3.05, 3.63) is 24.0 Å². The van der Waals surface area contributed by atoms with Crippen molar-refractivity contribution in [1.29, 1.82) is 0 Å². The molecule has 1 aromatic rings. The molecule has 0 aliphatic rings. The maximum Gasteiger partial charge on any atom is 0.233 e. The smallest absolute Gasteiger partial charge is 0.233 e. The minimum Gasteiger partial charge on any atom is -0.494 e. The quantitative estimate of drug-likeness (QED) is 0.734. The molecule has 0 aliphatic heterocycles. The van der Waals surface area contributed by atoms with Gasteiger partial charge in [-0.3, -0.25) is 4.72 Å². The number of methoxy groups -OCH3 is 1. The number of nitrogens with one attached hydrogen (secondary N) is 2. The summed E-state index contributed by atoms with van der Waals surface area (Å²) in [5.74, 6) is -0.574. The van der Waals surface area contributed by atoms with Gasteiger partial charge in [-0.25, -0.2) is 12.8 Å². The van der Waals surface area contributed by atoms with Crippen LogP contribution in [0.15, 0.2) is 18.2 Å². The van der Waals surface area contributed by atoms with Crippen molar-refractivity contribution in [3.63, 3.8) is 0 Å². The van der Waals surface area contributed by atoms with Crippen molar-refractivity contribution < 1.29 is 17.5 Å². The Morgan fingerprint density at radius 3 is 2.72 bits per heavy atom. The minimum absolute atomic E-state index is 0.00174. The zero-order chi connectivity index (χ0) is 13.6. The normalized spacial score (nSPS) is 11.3. The van der Waals surface area contributed by atoms with Crippen molar-refractivity contribution in [2.75, 3.05) is 30.7 Å². The molecule has 1 rings (SSSR count). The Morgan fingerprint density at radius 2 is 2.11 bits per heavy atom. The van der Waals surface area contributed by atoms with Gasteiger partial charge in [-0.1, -0.05) is 6.92 Å². The Morgan fingerprint density at radius 1 is 1.39 bits per heavy atom. The summed E-state index contributed by atoms with van der Waals surface area (Å²) in [6.07, 6.45) is 0. The summed E-state index contributed by atoms with van der Waals surface area (Å²) in [6, 6.07) is 3.81. The van der Waals surface area contributed by atoms with Gasteiger partial charge in [0.2, 0.25) is 10.0 Å². The summed E-state index contributed by atoms with van der Waals surface area (Å²) < 4.78 is 43.6. The Hall–Kier alpha value is -1.34. The van der Waals surface area contributed by atoms with Crippen LogP contribution in [0.25, 0.3) is 0 Å². The Balaban J connectivity index is 2.72. The van der Waals surface area contributed by atoms with Crippen LogP contribution in [0.2, 0.25) is 0 Å². The molecule has 2 N–H and O–H groups in total. The summed E-state index contributed by atoms with van der Waals surface area (Å²) in [6.45, 7) is 2.97. The van der Waals surface area contributed by atoms with Crippen LogP contribution in [-0.4, -0.2) is 34.4 Å². The lowest BCUT2D eigenvalue weighted by atomic mass is 10.3. The highest BCUT2D eigenvalue weighted by molar-refractivity contribution is 7.92. The third-order valence-corrected chi connectivity index (χ3v) is 3.51. The van der Waals surface area contributed by atoms with E-state index in [0.29, 0.717) is 13.1 Å². The number of benzene rings is 1. The summed E-state index contributed by atoms with van der Waals surface area (Å²) in [4.78, 5) is 0. The van der Waals surface area contributed by atoms with Gasteiger partial charge in [0.15, 0.2) is 11.6 Å². The highest BCUT2D eigenvalue weighted by Gasteiger charge is 2.11. The van der Waals surface area contributed by atoms with E-state index in [1.54, 1.807) is 0 Å². The van der Waals surface area contributed by atoms with E-state index in [1.807, 2.05) is 6.92 Å². The second kappa shape index (κ2) is 6.55. The fourth-order valence-corrected chi connectivity index (χ4v) is 2.34. The lowest BCUT2D eigenvalue weighted by Crippen LogP contribution is -2.26. The zero-order valence-electron chi connectivity index (χ0n) is 10.4. The van der Waals surface area contributed by atoms with Gasteiger partial charge in [0.25, 0.3) is 0 Å².